The van der Waals surface area contributed by atoms with Gasteiger partial charge in [0, 0.05) is 50.8 Å². The molecule has 0 N–H and O–H groups in total. The van der Waals surface area contributed by atoms with Crippen LogP contribution in [0.1, 0.15) is 30.0 Å². The summed E-state index contributed by atoms with van der Waals surface area (Å²) < 4.78 is 11.8. The number of aryl methyl sites for hydroxylation is 1. The summed E-state index contributed by atoms with van der Waals surface area (Å²) in [6.07, 6.45) is 3.50. The van der Waals surface area contributed by atoms with Gasteiger partial charge >= 0.3 is 0 Å². The van der Waals surface area contributed by atoms with Crippen molar-refractivity contribution in [3.63, 3.8) is 0 Å². The lowest BCUT2D eigenvalue weighted by molar-refractivity contribution is -0.140. The molecule has 0 bridgehead atoms. The number of likely N-dealkylation sites (tertiary alicyclic amines) is 1. The Balaban J connectivity index is 1.33. The van der Waals surface area contributed by atoms with Crippen molar-refractivity contribution in [2.75, 3.05) is 46.0 Å². The molecule has 3 aliphatic heterocycles. The molecule has 0 aliphatic carbocycles. The molecule has 6 heteroatoms. The Morgan fingerprint density at radius 1 is 1.30 bits per heavy atom. The lowest BCUT2D eigenvalue weighted by Gasteiger charge is -2.48. The molecule has 0 amide bonds. The summed E-state index contributed by atoms with van der Waals surface area (Å²) in [6, 6.07) is 0.644. The van der Waals surface area contributed by atoms with Gasteiger partial charge in [-0.15, -0.1) is 11.3 Å². The fourth-order valence-electron chi connectivity index (χ4n) is 4.18. The molecule has 4 rings (SSSR count). The number of morpholine rings is 1. The van der Waals surface area contributed by atoms with Crippen LogP contribution in [0.4, 0.5) is 0 Å². The van der Waals surface area contributed by atoms with Crippen LogP contribution in [0.15, 0.2) is 5.38 Å². The Hall–Kier alpha value is -0.530. The van der Waals surface area contributed by atoms with Crippen molar-refractivity contribution in [3.8, 4) is 0 Å². The molecule has 0 aromatic carbocycles. The Bertz CT molecular complexity index is 522. The van der Waals surface area contributed by atoms with Crippen LogP contribution in [0.3, 0.4) is 0 Å². The number of hydrogen-bond acceptors (Lipinski definition) is 6. The zero-order valence-electron chi connectivity index (χ0n) is 14.0. The second-order valence-corrected chi connectivity index (χ2v) is 8.22. The van der Waals surface area contributed by atoms with Gasteiger partial charge in [-0.05, 0) is 26.2 Å². The van der Waals surface area contributed by atoms with Gasteiger partial charge in [0.05, 0.1) is 29.5 Å². The maximum Gasteiger partial charge on any atom is 0.0897 e. The third-order valence-electron chi connectivity index (χ3n) is 5.51. The summed E-state index contributed by atoms with van der Waals surface area (Å²) in [7, 11) is 0. The van der Waals surface area contributed by atoms with Gasteiger partial charge < -0.3 is 9.47 Å². The fraction of sp³-hybridized carbons (Fsp3) is 0.824. The fourth-order valence-corrected chi connectivity index (χ4v) is 4.78. The van der Waals surface area contributed by atoms with E-state index in [1.54, 1.807) is 11.3 Å². The molecule has 0 saturated carbocycles. The Labute approximate surface area is 142 Å². The van der Waals surface area contributed by atoms with Crippen molar-refractivity contribution in [2.45, 2.75) is 44.4 Å². The molecular formula is C17H27N3O2S. The summed E-state index contributed by atoms with van der Waals surface area (Å²) >= 11 is 1.75. The molecule has 3 saturated heterocycles. The molecule has 3 aliphatic rings. The highest BCUT2D eigenvalue weighted by molar-refractivity contribution is 7.09. The van der Waals surface area contributed by atoms with E-state index in [1.165, 1.54) is 12.1 Å². The maximum atomic E-state index is 6.27. The third kappa shape index (κ3) is 3.61. The van der Waals surface area contributed by atoms with Gasteiger partial charge in [0.15, 0.2) is 0 Å². The van der Waals surface area contributed by atoms with Crippen LogP contribution >= 0.6 is 11.3 Å². The van der Waals surface area contributed by atoms with E-state index in [0.717, 1.165) is 70.4 Å². The molecule has 1 unspecified atom stereocenters. The molecule has 23 heavy (non-hydrogen) atoms. The predicted molar refractivity (Wildman–Crippen MR) is 90.8 cm³/mol. The number of hydrogen-bond donors (Lipinski definition) is 0. The van der Waals surface area contributed by atoms with Crippen LogP contribution in [0.2, 0.25) is 0 Å². The first-order valence-corrected chi connectivity index (χ1v) is 9.70. The highest BCUT2D eigenvalue weighted by Crippen LogP contribution is 2.32. The van der Waals surface area contributed by atoms with Crippen LogP contribution < -0.4 is 0 Å². The lowest BCUT2D eigenvalue weighted by Crippen LogP contribution is -2.57. The molecule has 1 aromatic rings. The minimum absolute atomic E-state index is 0.0687. The molecule has 0 radical (unpaired) electrons. The SMILES string of the molecule is Cc1nc(CN2CCOC3(CCN(C4CCOC4)CC3)C2)cs1. The van der Waals surface area contributed by atoms with Crippen LogP contribution in [-0.4, -0.2) is 72.4 Å². The van der Waals surface area contributed by atoms with Gasteiger partial charge in [0.25, 0.3) is 0 Å². The molecular weight excluding hydrogens is 310 g/mol. The van der Waals surface area contributed by atoms with Crippen LogP contribution in [-0.2, 0) is 16.0 Å². The smallest absolute Gasteiger partial charge is 0.0897 e. The molecule has 128 valence electrons. The van der Waals surface area contributed by atoms with E-state index in [4.69, 9.17) is 9.47 Å². The largest absolute Gasteiger partial charge is 0.380 e. The molecule has 5 nitrogen and oxygen atoms in total. The monoisotopic (exact) mass is 337 g/mol. The summed E-state index contributed by atoms with van der Waals surface area (Å²) in [5.41, 5.74) is 1.28. The number of thiazole rings is 1. The van der Waals surface area contributed by atoms with Gasteiger partial charge in [0.1, 0.15) is 0 Å². The minimum atomic E-state index is 0.0687. The Morgan fingerprint density at radius 3 is 2.87 bits per heavy atom. The van der Waals surface area contributed by atoms with Gasteiger partial charge in [-0.25, -0.2) is 4.98 Å². The van der Waals surface area contributed by atoms with E-state index < -0.39 is 0 Å². The van der Waals surface area contributed by atoms with E-state index in [-0.39, 0.29) is 5.60 Å². The van der Waals surface area contributed by atoms with E-state index in [1.807, 2.05) is 0 Å². The Morgan fingerprint density at radius 2 is 2.17 bits per heavy atom. The number of piperidine rings is 1. The quantitative estimate of drug-likeness (QED) is 0.842. The predicted octanol–water partition coefficient (Wildman–Crippen LogP) is 1.91. The van der Waals surface area contributed by atoms with Crippen molar-refractivity contribution in [3.05, 3.63) is 16.1 Å². The summed E-state index contributed by atoms with van der Waals surface area (Å²) in [6.45, 7) is 10.1. The molecule has 1 atom stereocenters. The van der Waals surface area contributed by atoms with Gasteiger partial charge in [0.2, 0.25) is 0 Å². The van der Waals surface area contributed by atoms with Crippen molar-refractivity contribution >= 4 is 11.3 Å². The van der Waals surface area contributed by atoms with Crippen molar-refractivity contribution in [1.29, 1.82) is 0 Å². The normalized spacial score (nSPS) is 29.3. The summed E-state index contributed by atoms with van der Waals surface area (Å²) in [5.74, 6) is 0. The van der Waals surface area contributed by atoms with E-state index in [2.05, 4.69) is 27.1 Å². The van der Waals surface area contributed by atoms with Crippen LogP contribution in [0, 0.1) is 6.92 Å². The topological polar surface area (TPSA) is 37.8 Å². The average molecular weight is 337 g/mol. The van der Waals surface area contributed by atoms with Gasteiger partial charge in [-0.2, -0.15) is 0 Å². The summed E-state index contributed by atoms with van der Waals surface area (Å²) in [5, 5.41) is 3.36. The zero-order valence-corrected chi connectivity index (χ0v) is 14.8. The number of aromatic nitrogens is 1. The second kappa shape index (κ2) is 6.76. The summed E-state index contributed by atoms with van der Waals surface area (Å²) in [4.78, 5) is 9.77. The highest BCUT2D eigenvalue weighted by Gasteiger charge is 2.41. The average Bonchev–Trinajstić information content (AvgIpc) is 3.20. The Kier molecular flexibility index (Phi) is 4.70. The third-order valence-corrected chi connectivity index (χ3v) is 6.33. The van der Waals surface area contributed by atoms with Crippen molar-refractivity contribution in [2.24, 2.45) is 0 Å². The maximum absolute atomic E-state index is 6.27. The van der Waals surface area contributed by atoms with Gasteiger partial charge in [-0.3, -0.25) is 9.80 Å². The minimum Gasteiger partial charge on any atom is -0.380 e. The standard InChI is InChI=1S/C17H27N3O2S/c1-14-18-15(12-23-14)10-19-7-9-22-17(13-19)3-5-20(6-4-17)16-2-8-21-11-16/h12,16H,2-11,13H2,1H3. The second-order valence-electron chi connectivity index (χ2n) is 7.15. The van der Waals surface area contributed by atoms with E-state index >= 15 is 0 Å². The molecule has 1 aromatic heterocycles. The molecule has 1 spiro atoms. The first-order valence-electron chi connectivity index (χ1n) is 8.82. The van der Waals surface area contributed by atoms with Crippen LogP contribution in [0.5, 0.6) is 0 Å². The first kappa shape index (κ1) is 16.0. The van der Waals surface area contributed by atoms with Crippen molar-refractivity contribution in [1.82, 2.24) is 14.8 Å². The highest BCUT2D eigenvalue weighted by atomic mass is 32.1. The van der Waals surface area contributed by atoms with E-state index in [0.29, 0.717) is 6.04 Å². The van der Waals surface area contributed by atoms with Crippen molar-refractivity contribution < 1.29 is 9.47 Å². The van der Waals surface area contributed by atoms with Crippen LogP contribution in [0.25, 0.3) is 0 Å². The molecule has 3 fully saturated rings. The first-order chi connectivity index (χ1) is 11.2. The van der Waals surface area contributed by atoms with Gasteiger partial charge in [-0.1, -0.05) is 0 Å². The number of nitrogens with zero attached hydrogens (tertiary/aromatic N) is 3. The molecule has 4 heterocycles. The number of rotatable bonds is 3. The zero-order chi connectivity index (χ0) is 15.7. The lowest BCUT2D eigenvalue weighted by atomic mass is 9.88. The number of ether oxygens (including phenoxy) is 2. The van der Waals surface area contributed by atoms with E-state index in [9.17, 15) is 0 Å².